The van der Waals surface area contributed by atoms with Gasteiger partial charge in [0.25, 0.3) is 0 Å². The van der Waals surface area contributed by atoms with Crippen LogP contribution in [0.25, 0.3) is 49.2 Å². The molecule has 0 bridgehead atoms. The molecule has 0 spiro atoms. The Hall–Kier alpha value is -3.32. The van der Waals surface area contributed by atoms with Crippen LogP contribution in [0.5, 0.6) is 0 Å². The monoisotopic (exact) mass is 331 g/mol. The highest BCUT2D eigenvalue weighted by atomic mass is 14.9. The molecule has 0 aliphatic rings. The zero-order valence-corrected chi connectivity index (χ0v) is 14.5. The first-order chi connectivity index (χ1) is 12.8. The van der Waals surface area contributed by atoms with Crippen LogP contribution in [0.4, 0.5) is 0 Å². The molecular formula is C25H17N. The lowest BCUT2D eigenvalue weighted by Gasteiger charge is -2.02. The minimum Gasteiger partial charge on any atom is -0.309 e. The minimum atomic E-state index is 1.26. The summed E-state index contributed by atoms with van der Waals surface area (Å²) < 4.78 is 2.42. The Morgan fingerprint density at radius 2 is 1.38 bits per heavy atom. The van der Waals surface area contributed by atoms with Crippen molar-refractivity contribution in [3.8, 4) is 11.1 Å². The maximum absolute atomic E-state index is 2.42. The Bertz CT molecular complexity index is 1420. The highest BCUT2D eigenvalue weighted by Crippen LogP contribution is 2.40. The van der Waals surface area contributed by atoms with Crippen molar-refractivity contribution in [1.29, 1.82) is 0 Å². The molecule has 0 radical (unpaired) electrons. The molecule has 6 rings (SSSR count). The van der Waals surface area contributed by atoms with E-state index >= 15 is 0 Å². The first-order valence-corrected chi connectivity index (χ1v) is 9.05. The number of benzene rings is 3. The summed E-state index contributed by atoms with van der Waals surface area (Å²) in [5.74, 6) is 0. The molecule has 0 amide bonds. The normalized spacial score (nSPS) is 12.0. The van der Waals surface area contributed by atoms with Crippen molar-refractivity contribution >= 4 is 38.1 Å². The second kappa shape index (κ2) is 4.86. The van der Waals surface area contributed by atoms with Gasteiger partial charge in [0.2, 0.25) is 0 Å². The zero-order chi connectivity index (χ0) is 17.3. The maximum atomic E-state index is 2.42. The number of rotatable bonds is 1. The quantitative estimate of drug-likeness (QED) is 0.312. The molecule has 3 aromatic carbocycles. The van der Waals surface area contributed by atoms with E-state index in [1.807, 2.05) is 0 Å². The van der Waals surface area contributed by atoms with Gasteiger partial charge >= 0.3 is 0 Å². The minimum absolute atomic E-state index is 1.26. The first-order valence-electron chi connectivity index (χ1n) is 9.05. The molecule has 6 aromatic rings. The third-order valence-electron chi connectivity index (χ3n) is 5.57. The highest BCUT2D eigenvalue weighted by molar-refractivity contribution is 6.18. The zero-order valence-electron chi connectivity index (χ0n) is 14.5. The molecule has 3 aromatic heterocycles. The van der Waals surface area contributed by atoms with Crippen molar-refractivity contribution in [3.63, 3.8) is 0 Å². The number of aryl methyl sites for hydroxylation is 1. The standard InChI is InChI=1S/C25H17N/c1-16-9-11-17(12-10-16)21-15-20-7-4-8-24-22-13-18-5-2-3-6-19(18)14-23(22)25(21)26(20)24/h2-15H,1H3. The van der Waals surface area contributed by atoms with Gasteiger partial charge in [-0.3, -0.25) is 0 Å². The third-order valence-corrected chi connectivity index (χ3v) is 5.57. The van der Waals surface area contributed by atoms with Crippen LogP contribution in [0, 0.1) is 6.92 Å². The highest BCUT2D eigenvalue weighted by Gasteiger charge is 2.17. The lowest BCUT2D eigenvalue weighted by Crippen LogP contribution is -1.80. The molecule has 3 heterocycles. The third kappa shape index (κ3) is 1.75. The Morgan fingerprint density at radius 3 is 2.15 bits per heavy atom. The smallest absolute Gasteiger partial charge is 0.0620 e. The average Bonchev–Trinajstić information content (AvgIpc) is 3.21. The molecule has 0 aliphatic heterocycles. The van der Waals surface area contributed by atoms with Gasteiger partial charge in [-0.05, 0) is 53.6 Å². The summed E-state index contributed by atoms with van der Waals surface area (Å²) in [6.45, 7) is 2.14. The van der Waals surface area contributed by atoms with Gasteiger partial charge in [0, 0.05) is 21.9 Å². The average molecular weight is 331 g/mol. The van der Waals surface area contributed by atoms with Crippen LogP contribution >= 0.6 is 0 Å². The first kappa shape index (κ1) is 13.9. The number of pyridine rings is 1. The lowest BCUT2D eigenvalue weighted by atomic mass is 10.0. The summed E-state index contributed by atoms with van der Waals surface area (Å²) in [6, 6.07) is 31.1. The van der Waals surface area contributed by atoms with E-state index in [0.29, 0.717) is 0 Å². The Kier molecular flexibility index (Phi) is 2.60. The molecule has 0 fully saturated rings. The maximum Gasteiger partial charge on any atom is 0.0620 e. The Labute approximate surface area is 151 Å². The Morgan fingerprint density at radius 1 is 0.654 bits per heavy atom. The fourth-order valence-electron chi connectivity index (χ4n) is 4.30. The van der Waals surface area contributed by atoms with Gasteiger partial charge in [-0.25, -0.2) is 0 Å². The van der Waals surface area contributed by atoms with E-state index in [1.54, 1.807) is 0 Å². The van der Waals surface area contributed by atoms with Crippen molar-refractivity contribution < 1.29 is 0 Å². The summed E-state index contributed by atoms with van der Waals surface area (Å²) in [5.41, 5.74) is 7.75. The van der Waals surface area contributed by atoms with Crippen LogP contribution in [0.15, 0.2) is 84.9 Å². The summed E-state index contributed by atoms with van der Waals surface area (Å²) in [7, 11) is 0. The molecule has 0 atom stereocenters. The number of aromatic nitrogens is 1. The topological polar surface area (TPSA) is 4.41 Å². The molecule has 0 aliphatic carbocycles. The van der Waals surface area contributed by atoms with E-state index in [1.165, 1.54) is 54.8 Å². The molecule has 26 heavy (non-hydrogen) atoms. The SMILES string of the molecule is Cc1ccc(-c2cc3cccc4c5cc6ccccc6cc5c2n34)cc1. The van der Waals surface area contributed by atoms with Crippen LogP contribution in [-0.2, 0) is 0 Å². The van der Waals surface area contributed by atoms with Crippen LogP contribution < -0.4 is 0 Å². The van der Waals surface area contributed by atoms with Crippen LogP contribution in [0.2, 0.25) is 0 Å². The molecule has 0 N–H and O–H groups in total. The number of nitrogens with zero attached hydrogens (tertiary/aromatic N) is 1. The summed E-state index contributed by atoms with van der Waals surface area (Å²) in [4.78, 5) is 0. The second-order valence-corrected chi connectivity index (χ2v) is 7.19. The van der Waals surface area contributed by atoms with Crippen molar-refractivity contribution in [2.24, 2.45) is 0 Å². The summed E-state index contributed by atoms with van der Waals surface area (Å²) in [6.07, 6.45) is 0. The number of hydrogen-bond acceptors (Lipinski definition) is 0. The van der Waals surface area contributed by atoms with Crippen molar-refractivity contribution in [2.75, 3.05) is 0 Å². The van der Waals surface area contributed by atoms with E-state index in [0.717, 1.165) is 0 Å². The molecule has 1 nitrogen and oxygen atoms in total. The van der Waals surface area contributed by atoms with Gasteiger partial charge in [0.05, 0.1) is 11.0 Å². The van der Waals surface area contributed by atoms with Gasteiger partial charge in [-0.15, -0.1) is 0 Å². The largest absolute Gasteiger partial charge is 0.309 e. The van der Waals surface area contributed by atoms with E-state index < -0.39 is 0 Å². The van der Waals surface area contributed by atoms with Crippen LogP contribution in [0.1, 0.15) is 5.56 Å². The van der Waals surface area contributed by atoms with Crippen LogP contribution in [-0.4, -0.2) is 4.40 Å². The molecule has 0 saturated carbocycles. The van der Waals surface area contributed by atoms with Crippen molar-refractivity contribution in [2.45, 2.75) is 6.92 Å². The van der Waals surface area contributed by atoms with Gasteiger partial charge in [-0.2, -0.15) is 0 Å². The number of fused-ring (bicyclic) bond motifs is 4. The predicted molar refractivity (Wildman–Crippen MR) is 111 cm³/mol. The molecule has 1 heteroatoms. The van der Waals surface area contributed by atoms with Gasteiger partial charge in [0.1, 0.15) is 0 Å². The van der Waals surface area contributed by atoms with E-state index in [-0.39, 0.29) is 0 Å². The lowest BCUT2D eigenvalue weighted by molar-refractivity contribution is 1.36. The van der Waals surface area contributed by atoms with Gasteiger partial charge in [0.15, 0.2) is 0 Å². The van der Waals surface area contributed by atoms with Gasteiger partial charge in [-0.1, -0.05) is 60.2 Å². The van der Waals surface area contributed by atoms with Crippen LogP contribution in [0.3, 0.4) is 0 Å². The molecule has 0 unspecified atom stereocenters. The molecule has 0 saturated heterocycles. The van der Waals surface area contributed by atoms with E-state index in [9.17, 15) is 0 Å². The predicted octanol–water partition coefficient (Wildman–Crippen LogP) is 6.81. The molecule has 122 valence electrons. The van der Waals surface area contributed by atoms with Gasteiger partial charge < -0.3 is 4.40 Å². The fourth-order valence-corrected chi connectivity index (χ4v) is 4.30. The molecular weight excluding hydrogens is 314 g/mol. The Balaban J connectivity index is 1.84. The summed E-state index contributed by atoms with van der Waals surface area (Å²) in [5, 5.41) is 5.26. The van der Waals surface area contributed by atoms with E-state index in [4.69, 9.17) is 0 Å². The van der Waals surface area contributed by atoms with Crippen molar-refractivity contribution in [1.82, 2.24) is 4.40 Å². The fraction of sp³-hybridized carbons (Fsp3) is 0.0400. The van der Waals surface area contributed by atoms with E-state index in [2.05, 4.69) is 96.3 Å². The second-order valence-electron chi connectivity index (χ2n) is 7.19. The summed E-state index contributed by atoms with van der Waals surface area (Å²) >= 11 is 0. The van der Waals surface area contributed by atoms with Crippen molar-refractivity contribution in [3.05, 3.63) is 90.5 Å². The number of hydrogen-bond donors (Lipinski definition) is 0.